The number of halogens is 3. The van der Waals surface area contributed by atoms with E-state index < -0.39 is 11.9 Å². The van der Waals surface area contributed by atoms with Gasteiger partial charge in [-0.3, -0.25) is 5.10 Å². The number of nitrogens with two attached hydrogens (primary N) is 1. The number of nitrogens with one attached hydrogen (secondary N) is 1. The monoisotopic (exact) mass is 219 g/mol. The standard InChI is InChI=1S/C9H12F3N3/c10-9(11,12)7-6(5-14-15-7)1-2-8(13)3-4-8/h5H,1-4,13H2,(H,14,15). The average Bonchev–Trinajstić information content (AvgIpc) is 2.66. The molecule has 0 atom stereocenters. The van der Waals surface area contributed by atoms with Crippen LogP contribution in [0.3, 0.4) is 0 Å². The molecule has 3 nitrogen and oxygen atoms in total. The lowest BCUT2D eigenvalue weighted by atomic mass is 10.0. The van der Waals surface area contributed by atoms with Crippen LogP contribution in [0.2, 0.25) is 0 Å². The van der Waals surface area contributed by atoms with E-state index in [1.54, 1.807) is 0 Å². The van der Waals surface area contributed by atoms with E-state index >= 15 is 0 Å². The second-order valence-electron chi connectivity index (χ2n) is 4.13. The first kappa shape index (κ1) is 10.5. The van der Waals surface area contributed by atoms with E-state index in [0.717, 1.165) is 12.8 Å². The van der Waals surface area contributed by atoms with Gasteiger partial charge in [-0.25, -0.2) is 0 Å². The van der Waals surface area contributed by atoms with Gasteiger partial charge in [-0.1, -0.05) is 0 Å². The van der Waals surface area contributed by atoms with Gasteiger partial charge in [0.1, 0.15) is 5.69 Å². The first-order valence-corrected chi connectivity index (χ1v) is 4.79. The fourth-order valence-corrected chi connectivity index (χ4v) is 1.54. The van der Waals surface area contributed by atoms with Crippen LogP contribution in [0.15, 0.2) is 6.20 Å². The molecule has 0 spiro atoms. The fraction of sp³-hybridized carbons (Fsp3) is 0.667. The summed E-state index contributed by atoms with van der Waals surface area (Å²) in [5.41, 5.74) is 5.05. The molecule has 0 aliphatic heterocycles. The molecule has 0 unspecified atom stereocenters. The van der Waals surface area contributed by atoms with Gasteiger partial charge in [-0.15, -0.1) is 0 Å². The van der Waals surface area contributed by atoms with E-state index in [-0.39, 0.29) is 11.1 Å². The minimum Gasteiger partial charge on any atom is -0.325 e. The lowest BCUT2D eigenvalue weighted by molar-refractivity contribution is -0.141. The second-order valence-corrected chi connectivity index (χ2v) is 4.13. The number of rotatable bonds is 3. The normalized spacial score (nSPS) is 19.2. The van der Waals surface area contributed by atoms with E-state index in [4.69, 9.17) is 5.73 Å². The summed E-state index contributed by atoms with van der Waals surface area (Å²) in [6.07, 6.45) is -0.373. The number of nitrogens with zero attached hydrogens (tertiary/aromatic N) is 1. The summed E-state index contributed by atoms with van der Waals surface area (Å²) in [5.74, 6) is 0. The third-order valence-corrected chi connectivity index (χ3v) is 2.79. The maximum absolute atomic E-state index is 12.4. The molecule has 0 amide bonds. The number of H-pyrrole nitrogens is 1. The van der Waals surface area contributed by atoms with Gasteiger partial charge in [0.25, 0.3) is 0 Å². The number of alkyl halides is 3. The molecule has 15 heavy (non-hydrogen) atoms. The molecule has 1 heterocycles. The van der Waals surface area contributed by atoms with Crippen molar-refractivity contribution in [3.63, 3.8) is 0 Å². The van der Waals surface area contributed by atoms with Gasteiger partial charge in [0, 0.05) is 11.1 Å². The maximum Gasteiger partial charge on any atom is 0.433 e. The predicted octanol–water partition coefficient (Wildman–Crippen LogP) is 1.85. The number of aryl methyl sites for hydroxylation is 1. The van der Waals surface area contributed by atoms with E-state index in [2.05, 4.69) is 5.10 Å². The largest absolute Gasteiger partial charge is 0.433 e. The van der Waals surface area contributed by atoms with Gasteiger partial charge in [0.15, 0.2) is 0 Å². The van der Waals surface area contributed by atoms with Crippen molar-refractivity contribution in [2.75, 3.05) is 0 Å². The first-order valence-electron chi connectivity index (χ1n) is 4.79. The Morgan fingerprint density at radius 2 is 2.13 bits per heavy atom. The summed E-state index contributed by atoms with van der Waals surface area (Å²) in [7, 11) is 0. The molecule has 1 aliphatic rings. The zero-order chi connectivity index (χ0) is 11.1. The zero-order valence-electron chi connectivity index (χ0n) is 8.06. The van der Waals surface area contributed by atoms with E-state index in [9.17, 15) is 13.2 Å². The molecule has 0 radical (unpaired) electrons. The molecule has 6 heteroatoms. The van der Waals surface area contributed by atoms with E-state index in [1.807, 2.05) is 5.10 Å². The Morgan fingerprint density at radius 1 is 1.47 bits per heavy atom. The average molecular weight is 219 g/mol. The van der Waals surface area contributed by atoms with Crippen LogP contribution in [0.4, 0.5) is 13.2 Å². The lowest BCUT2D eigenvalue weighted by Crippen LogP contribution is -2.22. The second kappa shape index (κ2) is 3.23. The van der Waals surface area contributed by atoms with Crippen molar-refractivity contribution < 1.29 is 13.2 Å². The van der Waals surface area contributed by atoms with Crippen LogP contribution in [-0.2, 0) is 12.6 Å². The fourth-order valence-electron chi connectivity index (χ4n) is 1.54. The Kier molecular flexibility index (Phi) is 2.26. The van der Waals surface area contributed by atoms with Crippen LogP contribution < -0.4 is 5.73 Å². The van der Waals surface area contributed by atoms with Crippen molar-refractivity contribution in [2.45, 2.75) is 37.4 Å². The quantitative estimate of drug-likeness (QED) is 0.815. The van der Waals surface area contributed by atoms with Crippen LogP contribution in [-0.4, -0.2) is 15.7 Å². The smallest absolute Gasteiger partial charge is 0.325 e. The zero-order valence-corrected chi connectivity index (χ0v) is 8.06. The van der Waals surface area contributed by atoms with Crippen LogP contribution in [0.5, 0.6) is 0 Å². The minimum atomic E-state index is -4.35. The van der Waals surface area contributed by atoms with Gasteiger partial charge >= 0.3 is 6.18 Å². The highest BCUT2D eigenvalue weighted by Crippen LogP contribution is 2.38. The molecule has 0 aromatic carbocycles. The molecule has 3 N–H and O–H groups in total. The molecule has 2 rings (SSSR count). The van der Waals surface area contributed by atoms with Gasteiger partial charge in [0.05, 0.1) is 6.20 Å². The highest BCUT2D eigenvalue weighted by molar-refractivity contribution is 5.20. The molecular formula is C9H12F3N3. The number of aromatic nitrogens is 2. The minimum absolute atomic E-state index is 0.208. The SMILES string of the molecule is NC1(CCc2cn[nH]c2C(F)(F)F)CC1. The summed E-state index contributed by atoms with van der Waals surface area (Å²) in [6, 6.07) is 0. The summed E-state index contributed by atoms with van der Waals surface area (Å²) in [5, 5.41) is 5.41. The molecule has 0 saturated heterocycles. The van der Waals surface area contributed by atoms with Crippen molar-refractivity contribution >= 4 is 0 Å². The molecule has 0 bridgehead atoms. The van der Waals surface area contributed by atoms with Gasteiger partial charge in [0.2, 0.25) is 0 Å². The summed E-state index contributed by atoms with van der Waals surface area (Å²) in [6.45, 7) is 0. The predicted molar refractivity (Wildman–Crippen MR) is 48.1 cm³/mol. The van der Waals surface area contributed by atoms with Crippen LogP contribution in [0.1, 0.15) is 30.5 Å². The molecule has 84 valence electrons. The number of aromatic amines is 1. The van der Waals surface area contributed by atoms with Gasteiger partial charge < -0.3 is 5.73 Å². The molecule has 1 saturated carbocycles. The summed E-state index contributed by atoms with van der Waals surface area (Å²) >= 11 is 0. The third-order valence-electron chi connectivity index (χ3n) is 2.79. The Morgan fingerprint density at radius 3 is 2.67 bits per heavy atom. The maximum atomic E-state index is 12.4. The molecule has 1 aromatic rings. The molecule has 1 aliphatic carbocycles. The van der Waals surface area contributed by atoms with Crippen LogP contribution >= 0.6 is 0 Å². The Hall–Kier alpha value is -1.04. The molecule has 1 aromatic heterocycles. The van der Waals surface area contributed by atoms with E-state index in [1.165, 1.54) is 6.20 Å². The van der Waals surface area contributed by atoms with E-state index in [0.29, 0.717) is 12.8 Å². The summed E-state index contributed by atoms with van der Waals surface area (Å²) < 4.78 is 37.2. The van der Waals surface area contributed by atoms with Crippen LogP contribution in [0.25, 0.3) is 0 Å². The van der Waals surface area contributed by atoms with Crippen molar-refractivity contribution in [3.8, 4) is 0 Å². The van der Waals surface area contributed by atoms with Crippen molar-refractivity contribution in [1.29, 1.82) is 0 Å². The highest BCUT2D eigenvalue weighted by atomic mass is 19.4. The number of hydrogen-bond acceptors (Lipinski definition) is 2. The highest BCUT2D eigenvalue weighted by Gasteiger charge is 2.39. The van der Waals surface area contributed by atoms with Crippen molar-refractivity contribution in [3.05, 3.63) is 17.5 Å². The topological polar surface area (TPSA) is 54.7 Å². The lowest BCUT2D eigenvalue weighted by Gasteiger charge is -2.09. The van der Waals surface area contributed by atoms with Gasteiger partial charge in [-0.05, 0) is 25.7 Å². The number of hydrogen-bond donors (Lipinski definition) is 2. The first-order chi connectivity index (χ1) is 6.91. The van der Waals surface area contributed by atoms with Gasteiger partial charge in [-0.2, -0.15) is 18.3 Å². The summed E-state index contributed by atoms with van der Waals surface area (Å²) in [4.78, 5) is 0. The molecular weight excluding hydrogens is 207 g/mol. The molecule has 1 fully saturated rings. The van der Waals surface area contributed by atoms with Crippen molar-refractivity contribution in [1.82, 2.24) is 10.2 Å². The Balaban J connectivity index is 2.05. The van der Waals surface area contributed by atoms with Crippen LogP contribution in [0, 0.1) is 0 Å². The van der Waals surface area contributed by atoms with Crippen molar-refractivity contribution in [2.24, 2.45) is 5.73 Å². The Bertz CT molecular complexity index is 352. The third kappa shape index (κ3) is 2.31. The Labute approximate surface area is 84.8 Å².